The Hall–Kier alpha value is -2.46. The summed E-state index contributed by atoms with van der Waals surface area (Å²) in [7, 11) is 0. The van der Waals surface area contributed by atoms with Gasteiger partial charge in [0, 0.05) is 24.5 Å². The van der Waals surface area contributed by atoms with E-state index in [1.165, 1.54) is 5.56 Å². The summed E-state index contributed by atoms with van der Waals surface area (Å²) in [5.41, 5.74) is 9.14. The molecule has 0 aliphatic heterocycles. The lowest BCUT2D eigenvalue weighted by Crippen LogP contribution is -2.15. The van der Waals surface area contributed by atoms with E-state index in [1.807, 2.05) is 36.5 Å². The van der Waals surface area contributed by atoms with E-state index in [2.05, 4.69) is 27.1 Å². The lowest BCUT2D eigenvalue weighted by Gasteiger charge is -2.12. The summed E-state index contributed by atoms with van der Waals surface area (Å²) >= 11 is 0. The van der Waals surface area contributed by atoms with Crippen molar-refractivity contribution in [2.45, 2.75) is 5.92 Å². The van der Waals surface area contributed by atoms with Gasteiger partial charge in [-0.1, -0.05) is 30.3 Å². The van der Waals surface area contributed by atoms with E-state index < -0.39 is 0 Å². The van der Waals surface area contributed by atoms with Gasteiger partial charge in [-0.25, -0.2) is 4.98 Å². The first-order chi connectivity index (χ1) is 9.88. The zero-order valence-corrected chi connectivity index (χ0v) is 11.0. The maximum atomic E-state index is 5.91. The summed E-state index contributed by atoms with van der Waals surface area (Å²) in [6, 6.07) is 14.1. The van der Waals surface area contributed by atoms with Crippen molar-refractivity contribution in [3.8, 4) is 11.3 Å². The molecule has 4 nitrogen and oxygen atoms in total. The molecule has 2 aromatic heterocycles. The van der Waals surface area contributed by atoms with Crippen LogP contribution in [0, 0.1) is 0 Å². The van der Waals surface area contributed by atoms with Crippen LogP contribution in [-0.2, 0) is 0 Å². The average Bonchev–Trinajstić information content (AvgIpc) is 3.00. The Kier molecular flexibility index (Phi) is 3.56. The maximum Gasteiger partial charge on any atom is 0.115 e. The molecule has 3 N–H and O–H groups in total. The van der Waals surface area contributed by atoms with Gasteiger partial charge in [-0.15, -0.1) is 0 Å². The molecule has 0 aliphatic rings. The molecule has 0 aliphatic carbocycles. The van der Waals surface area contributed by atoms with Crippen molar-refractivity contribution in [3.63, 3.8) is 0 Å². The molecule has 100 valence electrons. The number of aromatic amines is 1. The predicted octanol–water partition coefficient (Wildman–Crippen LogP) is 2.56. The number of imidazole rings is 1. The standard InChI is InChI=1S/C16H16N4/c17-10-14(12-4-2-1-3-5-12)16-19-11-15(20-16)13-6-8-18-9-7-13/h1-9,11,14H,10,17H2,(H,19,20). The lowest BCUT2D eigenvalue weighted by atomic mass is 9.99. The van der Waals surface area contributed by atoms with E-state index in [0.717, 1.165) is 17.1 Å². The number of H-pyrrole nitrogens is 1. The van der Waals surface area contributed by atoms with E-state index in [0.29, 0.717) is 6.54 Å². The third-order valence-corrected chi connectivity index (χ3v) is 3.35. The van der Waals surface area contributed by atoms with Gasteiger partial charge in [-0.3, -0.25) is 4.98 Å². The van der Waals surface area contributed by atoms with Crippen molar-refractivity contribution in [1.29, 1.82) is 0 Å². The molecule has 3 rings (SSSR count). The second kappa shape index (κ2) is 5.67. The Morgan fingerprint density at radius 3 is 2.50 bits per heavy atom. The van der Waals surface area contributed by atoms with Crippen LogP contribution in [0.2, 0.25) is 0 Å². The molecule has 1 unspecified atom stereocenters. The summed E-state index contributed by atoms with van der Waals surface area (Å²) < 4.78 is 0. The molecule has 2 heterocycles. The monoisotopic (exact) mass is 264 g/mol. The Morgan fingerprint density at radius 2 is 1.80 bits per heavy atom. The molecule has 0 saturated heterocycles. The van der Waals surface area contributed by atoms with Crippen LogP contribution in [0.15, 0.2) is 61.1 Å². The topological polar surface area (TPSA) is 67.6 Å². The van der Waals surface area contributed by atoms with Crippen LogP contribution >= 0.6 is 0 Å². The summed E-state index contributed by atoms with van der Waals surface area (Å²) in [4.78, 5) is 11.9. The van der Waals surface area contributed by atoms with Crippen molar-refractivity contribution in [3.05, 3.63) is 72.4 Å². The van der Waals surface area contributed by atoms with Crippen LogP contribution < -0.4 is 5.73 Å². The van der Waals surface area contributed by atoms with Gasteiger partial charge >= 0.3 is 0 Å². The number of hydrogen-bond donors (Lipinski definition) is 2. The van der Waals surface area contributed by atoms with Crippen LogP contribution in [0.3, 0.4) is 0 Å². The van der Waals surface area contributed by atoms with Gasteiger partial charge in [0.25, 0.3) is 0 Å². The van der Waals surface area contributed by atoms with E-state index >= 15 is 0 Å². The van der Waals surface area contributed by atoms with Crippen LogP contribution in [0.25, 0.3) is 11.3 Å². The van der Waals surface area contributed by atoms with Crippen molar-refractivity contribution >= 4 is 0 Å². The molecular weight excluding hydrogens is 248 g/mol. The summed E-state index contributed by atoms with van der Waals surface area (Å²) in [5.74, 6) is 0.984. The zero-order valence-electron chi connectivity index (χ0n) is 11.0. The number of nitrogens with two attached hydrogens (primary N) is 1. The molecule has 4 heteroatoms. The maximum absolute atomic E-state index is 5.91. The zero-order chi connectivity index (χ0) is 13.8. The molecule has 0 spiro atoms. The highest BCUT2D eigenvalue weighted by Crippen LogP contribution is 2.24. The van der Waals surface area contributed by atoms with Crippen molar-refractivity contribution < 1.29 is 0 Å². The molecule has 0 amide bonds. The number of hydrogen-bond acceptors (Lipinski definition) is 3. The third-order valence-electron chi connectivity index (χ3n) is 3.35. The molecule has 1 aromatic carbocycles. The van der Waals surface area contributed by atoms with E-state index in [4.69, 9.17) is 5.73 Å². The fourth-order valence-corrected chi connectivity index (χ4v) is 2.28. The van der Waals surface area contributed by atoms with Crippen LogP contribution in [0.5, 0.6) is 0 Å². The van der Waals surface area contributed by atoms with Gasteiger partial charge in [0.15, 0.2) is 0 Å². The highest BCUT2D eigenvalue weighted by Gasteiger charge is 2.15. The first-order valence-electron chi connectivity index (χ1n) is 6.59. The minimum Gasteiger partial charge on any atom is -0.341 e. The Morgan fingerprint density at radius 1 is 1.05 bits per heavy atom. The van der Waals surface area contributed by atoms with Gasteiger partial charge < -0.3 is 10.7 Å². The van der Waals surface area contributed by atoms with Gasteiger partial charge in [0.1, 0.15) is 5.82 Å². The van der Waals surface area contributed by atoms with Gasteiger partial charge in [0.05, 0.1) is 17.8 Å². The summed E-state index contributed by atoms with van der Waals surface area (Å²) in [5, 5.41) is 0. The summed E-state index contributed by atoms with van der Waals surface area (Å²) in [6.45, 7) is 0.521. The Bertz CT molecular complexity index is 661. The molecule has 0 saturated carbocycles. The van der Waals surface area contributed by atoms with Gasteiger partial charge in [-0.2, -0.15) is 0 Å². The average molecular weight is 264 g/mol. The number of benzene rings is 1. The highest BCUT2D eigenvalue weighted by molar-refractivity contribution is 5.57. The van der Waals surface area contributed by atoms with Crippen molar-refractivity contribution in [2.75, 3.05) is 6.54 Å². The van der Waals surface area contributed by atoms with E-state index in [-0.39, 0.29) is 5.92 Å². The molecule has 1 atom stereocenters. The summed E-state index contributed by atoms with van der Waals surface area (Å²) in [6.07, 6.45) is 5.39. The van der Waals surface area contributed by atoms with E-state index in [9.17, 15) is 0 Å². The fourth-order valence-electron chi connectivity index (χ4n) is 2.28. The van der Waals surface area contributed by atoms with Crippen LogP contribution in [-0.4, -0.2) is 21.5 Å². The molecule has 0 bridgehead atoms. The van der Waals surface area contributed by atoms with Crippen molar-refractivity contribution in [1.82, 2.24) is 15.0 Å². The lowest BCUT2D eigenvalue weighted by molar-refractivity contribution is 0.765. The Labute approximate surface area is 117 Å². The molecule has 3 aromatic rings. The number of aromatic nitrogens is 3. The van der Waals surface area contributed by atoms with Gasteiger partial charge in [-0.05, 0) is 17.7 Å². The number of rotatable bonds is 4. The third kappa shape index (κ3) is 2.46. The van der Waals surface area contributed by atoms with Gasteiger partial charge in [0.2, 0.25) is 0 Å². The molecular formula is C16H16N4. The second-order valence-electron chi connectivity index (χ2n) is 4.62. The van der Waals surface area contributed by atoms with E-state index in [1.54, 1.807) is 12.4 Å². The predicted molar refractivity (Wildman–Crippen MR) is 79.2 cm³/mol. The first kappa shape index (κ1) is 12.6. The minimum atomic E-state index is 0.0896. The Balaban J connectivity index is 1.93. The van der Waals surface area contributed by atoms with Crippen LogP contribution in [0.4, 0.5) is 0 Å². The highest BCUT2D eigenvalue weighted by atomic mass is 14.9. The molecule has 20 heavy (non-hydrogen) atoms. The van der Waals surface area contributed by atoms with Crippen LogP contribution in [0.1, 0.15) is 17.3 Å². The normalized spacial score (nSPS) is 12.2. The molecule has 0 radical (unpaired) electrons. The fraction of sp³-hybridized carbons (Fsp3) is 0.125. The van der Waals surface area contributed by atoms with Crippen molar-refractivity contribution in [2.24, 2.45) is 5.73 Å². The second-order valence-corrected chi connectivity index (χ2v) is 4.62. The number of pyridine rings is 1. The smallest absolute Gasteiger partial charge is 0.115 e. The SMILES string of the molecule is NCC(c1ccccc1)c1ncc(-c2ccncc2)[nH]1. The minimum absolute atomic E-state index is 0.0896. The first-order valence-corrected chi connectivity index (χ1v) is 6.59. The quantitative estimate of drug-likeness (QED) is 0.761. The number of nitrogens with one attached hydrogen (secondary N) is 1. The largest absolute Gasteiger partial charge is 0.341 e. The number of nitrogens with zero attached hydrogens (tertiary/aromatic N) is 2. The molecule has 0 fully saturated rings.